The number of hydrogen-bond donors (Lipinski definition) is 3. The molecule has 10 heteroatoms. The topological polar surface area (TPSA) is 149 Å². The van der Waals surface area contributed by atoms with E-state index in [1.165, 1.54) is 0 Å². The highest BCUT2D eigenvalue weighted by Gasteiger charge is 2.33. The van der Waals surface area contributed by atoms with E-state index >= 15 is 0 Å². The summed E-state index contributed by atoms with van der Waals surface area (Å²) in [7, 11) is 0. The lowest BCUT2D eigenvalue weighted by Gasteiger charge is -2.33. The first-order valence-corrected chi connectivity index (χ1v) is 11.1. The van der Waals surface area contributed by atoms with Crippen LogP contribution >= 0.6 is 0 Å². The van der Waals surface area contributed by atoms with Crippen LogP contribution in [0.15, 0.2) is 48.7 Å². The van der Waals surface area contributed by atoms with Gasteiger partial charge in [-0.05, 0) is 56.4 Å². The van der Waals surface area contributed by atoms with E-state index < -0.39 is 11.9 Å². The number of aromatic nitrogens is 3. The van der Waals surface area contributed by atoms with Gasteiger partial charge in [-0.25, -0.2) is 14.6 Å². The Hall–Kier alpha value is -4.65. The van der Waals surface area contributed by atoms with Crippen LogP contribution in [-0.4, -0.2) is 43.8 Å². The van der Waals surface area contributed by atoms with Crippen molar-refractivity contribution >= 4 is 23.5 Å². The maximum Gasteiger partial charge on any atom is 0.299 e. The quantitative estimate of drug-likeness (QED) is 0.383. The lowest BCUT2D eigenvalue weighted by molar-refractivity contribution is -0.129. The van der Waals surface area contributed by atoms with Crippen molar-refractivity contribution in [3.63, 3.8) is 0 Å². The number of nitrogen functional groups attached to an aromatic ring is 1. The lowest BCUT2D eigenvalue weighted by Crippen LogP contribution is -2.40. The van der Waals surface area contributed by atoms with E-state index in [0.717, 1.165) is 17.5 Å². The van der Waals surface area contributed by atoms with Crippen LogP contribution < -0.4 is 16.9 Å². The fourth-order valence-electron chi connectivity index (χ4n) is 4.15. The summed E-state index contributed by atoms with van der Waals surface area (Å²) in [6.07, 6.45) is 3.94. The number of pyridine rings is 1. The van der Waals surface area contributed by atoms with Crippen LogP contribution in [0.4, 0.5) is 5.82 Å². The molecule has 1 saturated heterocycles. The van der Waals surface area contributed by atoms with E-state index in [-0.39, 0.29) is 23.2 Å². The molecule has 4 rings (SSSR count). The van der Waals surface area contributed by atoms with Crippen LogP contribution in [0.1, 0.15) is 58.9 Å². The summed E-state index contributed by atoms with van der Waals surface area (Å²) in [4.78, 5) is 47.8. The number of imidazole rings is 1. The molecule has 1 atom stereocenters. The second-order valence-corrected chi connectivity index (χ2v) is 8.03. The van der Waals surface area contributed by atoms with Crippen molar-refractivity contribution in [3.8, 4) is 23.1 Å². The molecule has 3 heterocycles. The molecule has 2 aromatic heterocycles. The predicted molar refractivity (Wildman–Crippen MR) is 130 cm³/mol. The van der Waals surface area contributed by atoms with Gasteiger partial charge in [0.15, 0.2) is 11.5 Å². The molecule has 5 N–H and O–H groups in total. The van der Waals surface area contributed by atoms with E-state index in [4.69, 9.17) is 11.6 Å². The zero-order valence-corrected chi connectivity index (χ0v) is 19.2. The van der Waals surface area contributed by atoms with E-state index in [2.05, 4.69) is 27.1 Å². The van der Waals surface area contributed by atoms with Crippen molar-refractivity contribution in [2.75, 3.05) is 17.7 Å². The second-order valence-electron chi connectivity index (χ2n) is 8.03. The molecule has 178 valence electrons. The molecule has 0 bridgehead atoms. The van der Waals surface area contributed by atoms with E-state index in [1.54, 1.807) is 60.5 Å². The van der Waals surface area contributed by atoms with E-state index in [1.807, 2.05) is 0 Å². The molecule has 3 amide bonds. The summed E-state index contributed by atoms with van der Waals surface area (Å²) in [5.41, 5.74) is 6.90. The first-order chi connectivity index (χ1) is 16.9. The number of carbonyl (C=O) groups is 3. The first kappa shape index (κ1) is 23.5. The summed E-state index contributed by atoms with van der Waals surface area (Å²) in [6.45, 7) is 2.12. The molecule has 1 aliphatic heterocycles. The third-order valence-corrected chi connectivity index (χ3v) is 5.79. The SMILES string of the molecule is CC#CC(=O)N1CCCCC1c1nc(-c2ccc(C(=O)Nc3ccccn3)cc2)c(C(N)=O)n1N. The Bertz CT molecular complexity index is 1320. The number of benzene rings is 1. The van der Waals surface area contributed by atoms with Crippen molar-refractivity contribution in [3.05, 3.63) is 65.7 Å². The van der Waals surface area contributed by atoms with Gasteiger partial charge in [-0.15, -0.1) is 0 Å². The molecule has 1 fully saturated rings. The molecular formula is C25H25N7O3. The van der Waals surface area contributed by atoms with Crippen molar-refractivity contribution < 1.29 is 14.4 Å². The maximum absolute atomic E-state index is 12.6. The zero-order chi connectivity index (χ0) is 24.9. The van der Waals surface area contributed by atoms with Crippen molar-refractivity contribution in [2.45, 2.75) is 32.2 Å². The molecule has 3 aromatic rings. The van der Waals surface area contributed by atoms with E-state index in [0.29, 0.717) is 35.7 Å². The number of carbonyl (C=O) groups excluding carboxylic acids is 3. The van der Waals surface area contributed by atoms with Crippen LogP contribution in [0.3, 0.4) is 0 Å². The Balaban J connectivity index is 1.66. The third kappa shape index (κ3) is 4.84. The molecule has 0 saturated carbocycles. The minimum atomic E-state index is -0.750. The minimum absolute atomic E-state index is 0.0187. The van der Waals surface area contributed by atoms with Crippen molar-refractivity contribution in [1.29, 1.82) is 0 Å². The van der Waals surface area contributed by atoms with E-state index in [9.17, 15) is 14.4 Å². The van der Waals surface area contributed by atoms with Gasteiger partial charge >= 0.3 is 0 Å². The Labute approximate surface area is 202 Å². The largest absolute Gasteiger partial charge is 0.364 e. The van der Waals surface area contributed by atoms with Gasteiger partial charge in [0.05, 0.1) is 6.04 Å². The van der Waals surface area contributed by atoms with Gasteiger partial charge in [-0.2, -0.15) is 0 Å². The van der Waals surface area contributed by atoms with Crippen molar-refractivity contribution in [2.24, 2.45) is 5.73 Å². The fourth-order valence-corrected chi connectivity index (χ4v) is 4.15. The second kappa shape index (κ2) is 10.1. The van der Waals surface area contributed by atoms with Gasteiger partial charge in [0.1, 0.15) is 11.5 Å². The Kier molecular flexibility index (Phi) is 6.78. The summed E-state index contributed by atoms with van der Waals surface area (Å²) >= 11 is 0. The zero-order valence-electron chi connectivity index (χ0n) is 19.2. The van der Waals surface area contributed by atoms with Gasteiger partial charge in [0.25, 0.3) is 17.7 Å². The molecule has 1 unspecified atom stereocenters. The average molecular weight is 472 g/mol. The molecular weight excluding hydrogens is 446 g/mol. The molecule has 0 spiro atoms. The standard InChI is InChI=1S/C25H25N7O3/c1-2-7-20(33)31-15-6-4-8-18(31)24-30-21(22(23(26)34)32(24)27)16-10-12-17(13-11-16)25(35)29-19-9-3-5-14-28-19/h3,5,9-14,18H,4,6,8,15,27H2,1H3,(H2,26,34)(H,28,29,35). The number of likely N-dealkylation sites (tertiary alicyclic amines) is 1. The summed E-state index contributed by atoms with van der Waals surface area (Å²) in [6, 6.07) is 11.3. The highest BCUT2D eigenvalue weighted by molar-refractivity contribution is 6.04. The molecule has 0 radical (unpaired) electrons. The lowest BCUT2D eigenvalue weighted by atomic mass is 10.0. The number of anilines is 1. The number of nitrogens with zero attached hydrogens (tertiary/aromatic N) is 4. The van der Waals surface area contributed by atoms with Crippen LogP contribution in [0, 0.1) is 11.8 Å². The van der Waals surface area contributed by atoms with Crippen LogP contribution in [0.2, 0.25) is 0 Å². The molecule has 35 heavy (non-hydrogen) atoms. The molecule has 1 aromatic carbocycles. The number of hydrogen-bond acceptors (Lipinski definition) is 6. The predicted octanol–water partition coefficient (Wildman–Crippen LogP) is 2.09. The van der Waals surface area contributed by atoms with Gasteiger partial charge in [-0.1, -0.05) is 24.1 Å². The van der Waals surface area contributed by atoms with Crippen LogP contribution in [0.25, 0.3) is 11.3 Å². The molecule has 10 nitrogen and oxygen atoms in total. The average Bonchev–Trinajstić information content (AvgIpc) is 3.22. The minimum Gasteiger partial charge on any atom is -0.364 e. The fraction of sp³-hybridized carbons (Fsp3) is 0.240. The number of amides is 3. The Morgan fingerprint density at radius 1 is 1.11 bits per heavy atom. The number of piperidine rings is 1. The number of primary amides is 1. The maximum atomic E-state index is 12.6. The first-order valence-electron chi connectivity index (χ1n) is 11.1. The van der Waals surface area contributed by atoms with Gasteiger partial charge in [0, 0.05) is 23.9 Å². The normalized spacial score (nSPS) is 15.1. The number of rotatable bonds is 5. The van der Waals surface area contributed by atoms with Gasteiger partial charge in [-0.3, -0.25) is 14.4 Å². The number of nitrogens with one attached hydrogen (secondary N) is 1. The van der Waals surface area contributed by atoms with Gasteiger partial charge < -0.3 is 21.8 Å². The number of nitrogens with two attached hydrogens (primary N) is 2. The molecule has 0 aliphatic carbocycles. The van der Waals surface area contributed by atoms with Crippen molar-refractivity contribution in [1.82, 2.24) is 19.5 Å². The summed E-state index contributed by atoms with van der Waals surface area (Å²) in [5.74, 6) is 10.9. The highest BCUT2D eigenvalue weighted by Crippen LogP contribution is 2.33. The highest BCUT2D eigenvalue weighted by atomic mass is 16.2. The Morgan fingerprint density at radius 3 is 2.54 bits per heavy atom. The van der Waals surface area contributed by atoms with Crippen LogP contribution in [0.5, 0.6) is 0 Å². The summed E-state index contributed by atoms with van der Waals surface area (Å²) < 4.78 is 1.16. The molecule has 1 aliphatic rings. The summed E-state index contributed by atoms with van der Waals surface area (Å²) in [5, 5.41) is 2.72. The van der Waals surface area contributed by atoms with Gasteiger partial charge in [0.2, 0.25) is 0 Å². The Morgan fingerprint density at radius 2 is 1.89 bits per heavy atom. The van der Waals surface area contributed by atoms with Crippen LogP contribution in [-0.2, 0) is 4.79 Å². The third-order valence-electron chi connectivity index (χ3n) is 5.79. The monoisotopic (exact) mass is 471 g/mol. The smallest absolute Gasteiger partial charge is 0.299 e.